The molecule has 0 heterocycles. The molecule has 0 rings (SSSR count). The maximum absolute atomic E-state index is 9.89. The molecule has 0 amide bonds. The average Bonchev–Trinajstić information content (AvgIpc) is 2.43. The zero-order valence-electron chi connectivity index (χ0n) is 18.0. The predicted octanol–water partition coefficient (Wildman–Crippen LogP) is 5.12. The zero-order valence-corrected chi connectivity index (χ0v) is 19.0. The van der Waals surface area contributed by atoms with Gasteiger partial charge < -0.3 is 14.6 Å². The van der Waals surface area contributed by atoms with E-state index in [-0.39, 0.29) is 0 Å². The molecule has 0 radical (unpaired) electrons. The van der Waals surface area contributed by atoms with Gasteiger partial charge in [-0.3, -0.25) is 0 Å². The van der Waals surface area contributed by atoms with Gasteiger partial charge in [-0.05, 0) is 55.7 Å². The first kappa shape index (κ1) is 24.7. The van der Waals surface area contributed by atoms with Crippen LogP contribution in [-0.4, -0.2) is 36.8 Å². The van der Waals surface area contributed by atoms with E-state index in [4.69, 9.17) is 4.43 Å². The lowest BCUT2D eigenvalue weighted by Crippen LogP contribution is -2.48. The van der Waals surface area contributed by atoms with E-state index >= 15 is 0 Å². The third-order valence-corrected chi connectivity index (χ3v) is 11.1. The van der Waals surface area contributed by atoms with Crippen LogP contribution in [0.15, 0.2) is 0 Å². The minimum Gasteiger partial charge on any atom is -0.416 e. The second kappa shape index (κ2) is 10.7. The smallest absolute Gasteiger partial charge is 0.200 e. The van der Waals surface area contributed by atoms with Crippen molar-refractivity contribution in [1.82, 2.24) is 0 Å². The lowest BCUT2D eigenvalue weighted by Gasteiger charge is -2.42. The highest BCUT2D eigenvalue weighted by atomic mass is 28.4. The molecule has 0 aliphatic rings. The minimum atomic E-state index is -1.78. The summed E-state index contributed by atoms with van der Waals surface area (Å²) in [5.41, 5.74) is 0.788. The van der Waals surface area contributed by atoms with Gasteiger partial charge in [-0.1, -0.05) is 60.3 Å². The lowest BCUT2D eigenvalue weighted by molar-refractivity contribution is 0.142. The molecule has 0 bridgehead atoms. The molecule has 148 valence electrons. The van der Waals surface area contributed by atoms with Crippen LogP contribution in [0.2, 0.25) is 16.6 Å². The number of aliphatic hydroxyl groups excluding tert-OH is 1. The van der Waals surface area contributed by atoms with Gasteiger partial charge in [-0.25, -0.2) is 0 Å². The fraction of sp³-hybridized carbons (Fsp3) is 0.905. The Bertz CT molecular complexity index is 405. The fourth-order valence-electron chi connectivity index (χ4n) is 3.86. The lowest BCUT2D eigenvalue weighted by atomic mass is 10.0. The molecule has 0 aliphatic heterocycles. The van der Waals surface area contributed by atoms with E-state index in [9.17, 15) is 10.2 Å². The Kier molecular flexibility index (Phi) is 10.6. The molecule has 0 saturated carbocycles. The van der Waals surface area contributed by atoms with Crippen molar-refractivity contribution in [2.45, 2.75) is 110 Å². The molecule has 0 saturated heterocycles. The summed E-state index contributed by atoms with van der Waals surface area (Å²) >= 11 is 0. The highest BCUT2D eigenvalue weighted by molar-refractivity contribution is 6.77. The summed E-state index contributed by atoms with van der Waals surface area (Å²) in [5.74, 6) is 5.89. The molecule has 0 aromatic carbocycles. The first-order valence-corrected chi connectivity index (χ1v) is 12.0. The Hall–Kier alpha value is -0.343. The molecule has 25 heavy (non-hydrogen) atoms. The maximum Gasteiger partial charge on any atom is 0.200 e. The molecular weight excluding hydrogens is 328 g/mol. The molecule has 4 heteroatoms. The molecule has 0 aromatic heterocycles. The first-order valence-electron chi connectivity index (χ1n) is 9.90. The van der Waals surface area contributed by atoms with Crippen molar-refractivity contribution >= 4 is 8.32 Å². The van der Waals surface area contributed by atoms with Crippen molar-refractivity contribution in [3.8, 4) is 11.8 Å². The van der Waals surface area contributed by atoms with E-state index in [1.165, 1.54) is 0 Å². The van der Waals surface area contributed by atoms with Gasteiger partial charge >= 0.3 is 0 Å². The molecule has 0 unspecified atom stereocenters. The van der Waals surface area contributed by atoms with E-state index < -0.39 is 20.0 Å². The minimum absolute atomic E-state index is 0.484. The number of aliphatic hydroxyl groups is 2. The Labute approximate surface area is 157 Å². The maximum atomic E-state index is 9.89. The quantitative estimate of drug-likeness (QED) is 0.414. The summed E-state index contributed by atoms with van der Waals surface area (Å²) in [6.07, 6.45) is 1.94. The van der Waals surface area contributed by atoms with E-state index in [0.29, 0.717) is 29.0 Å². The summed E-state index contributed by atoms with van der Waals surface area (Å²) in [4.78, 5) is 0. The van der Waals surface area contributed by atoms with Crippen molar-refractivity contribution in [2.24, 2.45) is 5.92 Å². The topological polar surface area (TPSA) is 49.7 Å². The largest absolute Gasteiger partial charge is 0.416 e. The van der Waals surface area contributed by atoms with Crippen molar-refractivity contribution < 1.29 is 14.6 Å². The van der Waals surface area contributed by atoms with Crippen LogP contribution in [-0.2, 0) is 4.43 Å². The zero-order chi connectivity index (χ0) is 19.8. The van der Waals surface area contributed by atoms with Crippen LogP contribution in [0, 0.1) is 17.8 Å². The molecule has 0 aromatic rings. The normalized spacial score (nSPS) is 15.4. The van der Waals surface area contributed by atoms with Gasteiger partial charge in [-0.15, -0.1) is 0 Å². The van der Waals surface area contributed by atoms with Crippen molar-refractivity contribution in [3.05, 3.63) is 0 Å². The first-order chi connectivity index (χ1) is 11.3. The van der Waals surface area contributed by atoms with E-state index in [0.717, 1.165) is 19.4 Å². The SMILES string of the molecule is CC(C)[Si](OC[C@@H](C)CCC[C@@H](O)C#CC(C)(C)O)(C(C)C)C(C)C. The summed E-state index contributed by atoms with van der Waals surface area (Å²) < 4.78 is 6.64. The summed E-state index contributed by atoms with van der Waals surface area (Å²) in [5, 5.41) is 19.5. The number of hydrogen-bond acceptors (Lipinski definition) is 3. The van der Waals surface area contributed by atoms with Crippen LogP contribution in [0.5, 0.6) is 0 Å². The highest BCUT2D eigenvalue weighted by Crippen LogP contribution is 2.42. The van der Waals surface area contributed by atoms with Gasteiger partial charge in [0.25, 0.3) is 0 Å². The van der Waals surface area contributed by atoms with Gasteiger partial charge in [0.05, 0.1) is 0 Å². The second-order valence-corrected chi connectivity index (χ2v) is 14.5. The average molecular weight is 371 g/mol. The Morgan fingerprint density at radius 1 is 0.920 bits per heavy atom. The highest BCUT2D eigenvalue weighted by Gasteiger charge is 2.45. The number of hydrogen-bond donors (Lipinski definition) is 2. The van der Waals surface area contributed by atoms with Crippen LogP contribution < -0.4 is 0 Å². The Balaban J connectivity index is 4.46. The predicted molar refractivity (Wildman–Crippen MR) is 110 cm³/mol. The number of rotatable bonds is 10. The Morgan fingerprint density at radius 2 is 1.40 bits per heavy atom. The summed E-state index contributed by atoms with van der Waals surface area (Å²) in [6.45, 7) is 20.2. The molecule has 0 fully saturated rings. The van der Waals surface area contributed by atoms with Crippen LogP contribution in [0.3, 0.4) is 0 Å². The third kappa shape index (κ3) is 8.73. The molecule has 0 spiro atoms. The van der Waals surface area contributed by atoms with Gasteiger partial charge in [0.1, 0.15) is 11.7 Å². The molecule has 2 atom stereocenters. The third-order valence-electron chi connectivity index (χ3n) is 5.04. The van der Waals surface area contributed by atoms with Gasteiger partial charge in [-0.2, -0.15) is 0 Å². The standard InChI is InChI=1S/C21H42O3Si/c1-16(2)25(17(3)4,18(5)6)24-15-19(7)11-10-12-20(22)13-14-21(8,9)23/h16-20,22-23H,10-12,15H2,1-9H3/t19-,20+/m0/s1. The van der Waals surface area contributed by atoms with Crippen LogP contribution in [0.1, 0.15) is 81.6 Å². The van der Waals surface area contributed by atoms with Crippen LogP contribution >= 0.6 is 0 Å². The van der Waals surface area contributed by atoms with E-state index in [2.05, 4.69) is 60.3 Å². The van der Waals surface area contributed by atoms with Crippen molar-refractivity contribution in [1.29, 1.82) is 0 Å². The molecule has 0 aliphatic carbocycles. The molecule has 3 nitrogen and oxygen atoms in total. The fourth-order valence-corrected chi connectivity index (χ4v) is 9.43. The van der Waals surface area contributed by atoms with Crippen LogP contribution in [0.25, 0.3) is 0 Å². The van der Waals surface area contributed by atoms with Crippen LogP contribution in [0.4, 0.5) is 0 Å². The van der Waals surface area contributed by atoms with E-state index in [1.54, 1.807) is 13.8 Å². The molecular formula is C21H42O3Si. The Morgan fingerprint density at radius 3 is 1.80 bits per heavy atom. The van der Waals surface area contributed by atoms with E-state index in [1.807, 2.05) is 0 Å². The molecule has 2 N–H and O–H groups in total. The van der Waals surface area contributed by atoms with Gasteiger partial charge in [0.15, 0.2) is 8.32 Å². The monoisotopic (exact) mass is 370 g/mol. The summed E-state index contributed by atoms with van der Waals surface area (Å²) in [7, 11) is -1.78. The van der Waals surface area contributed by atoms with Gasteiger partial charge in [0, 0.05) is 6.61 Å². The van der Waals surface area contributed by atoms with Crippen molar-refractivity contribution in [2.75, 3.05) is 6.61 Å². The van der Waals surface area contributed by atoms with Gasteiger partial charge in [0.2, 0.25) is 0 Å². The second-order valence-electron chi connectivity index (χ2n) is 9.01. The summed E-state index contributed by atoms with van der Waals surface area (Å²) in [6, 6.07) is 0. The van der Waals surface area contributed by atoms with Crippen molar-refractivity contribution in [3.63, 3.8) is 0 Å².